The molecule has 2 aromatic heterocycles. The van der Waals surface area contributed by atoms with E-state index in [0.29, 0.717) is 11.6 Å². The van der Waals surface area contributed by atoms with Crippen molar-refractivity contribution in [1.29, 1.82) is 0 Å². The van der Waals surface area contributed by atoms with E-state index in [9.17, 15) is 9.59 Å². The van der Waals surface area contributed by atoms with Gasteiger partial charge in [0.05, 0.1) is 12.5 Å². The van der Waals surface area contributed by atoms with Crippen LogP contribution in [0.4, 0.5) is 0 Å². The fraction of sp³-hybridized carbons (Fsp3) is 0.400. The smallest absolute Gasteiger partial charge is 0.226 e. The van der Waals surface area contributed by atoms with Crippen molar-refractivity contribution >= 4 is 23.4 Å². The highest BCUT2D eigenvalue weighted by Gasteiger charge is 2.44. The van der Waals surface area contributed by atoms with Gasteiger partial charge in [0.2, 0.25) is 11.8 Å². The molecule has 2 amide bonds. The SMILES string of the molecule is CN1C(=O)C[C@H](C(=O)NCc2ccc(Cl)o2)[C@H]1c1nccn1C. The normalized spacial score (nSPS) is 21.0. The maximum atomic E-state index is 12.5. The Morgan fingerprint density at radius 1 is 1.48 bits per heavy atom. The minimum absolute atomic E-state index is 0.0702. The molecular formula is C15H17ClN4O3. The van der Waals surface area contributed by atoms with E-state index in [1.165, 1.54) is 0 Å². The molecule has 122 valence electrons. The molecule has 7 nitrogen and oxygen atoms in total. The van der Waals surface area contributed by atoms with E-state index in [-0.39, 0.29) is 36.0 Å². The molecule has 0 aromatic carbocycles. The molecule has 23 heavy (non-hydrogen) atoms. The summed E-state index contributed by atoms with van der Waals surface area (Å²) in [5, 5.41) is 3.07. The zero-order valence-electron chi connectivity index (χ0n) is 12.8. The molecule has 2 aromatic rings. The number of hydrogen-bond acceptors (Lipinski definition) is 4. The highest BCUT2D eigenvalue weighted by atomic mass is 35.5. The Morgan fingerprint density at radius 2 is 2.26 bits per heavy atom. The van der Waals surface area contributed by atoms with Gasteiger partial charge in [0, 0.05) is 32.9 Å². The molecule has 3 rings (SSSR count). The molecule has 0 unspecified atom stereocenters. The fourth-order valence-electron chi connectivity index (χ4n) is 2.87. The van der Waals surface area contributed by atoms with Crippen molar-refractivity contribution in [3.63, 3.8) is 0 Å². The van der Waals surface area contributed by atoms with Gasteiger partial charge in [-0.15, -0.1) is 0 Å². The number of amides is 2. The number of halogens is 1. The summed E-state index contributed by atoms with van der Waals surface area (Å²) in [6.45, 7) is 0.229. The molecule has 0 bridgehead atoms. The molecule has 0 saturated carbocycles. The predicted molar refractivity (Wildman–Crippen MR) is 82.4 cm³/mol. The van der Waals surface area contributed by atoms with E-state index in [1.54, 1.807) is 36.5 Å². The molecule has 1 saturated heterocycles. The number of nitrogens with one attached hydrogen (secondary N) is 1. The summed E-state index contributed by atoms with van der Waals surface area (Å²) in [4.78, 5) is 30.5. The van der Waals surface area contributed by atoms with Crippen LogP contribution in [0, 0.1) is 5.92 Å². The molecular weight excluding hydrogens is 320 g/mol. The Morgan fingerprint density at radius 3 is 2.87 bits per heavy atom. The number of aromatic nitrogens is 2. The van der Waals surface area contributed by atoms with Crippen LogP contribution in [0.2, 0.25) is 5.22 Å². The van der Waals surface area contributed by atoms with Gasteiger partial charge in [0.15, 0.2) is 5.22 Å². The Balaban J connectivity index is 1.75. The number of aryl methyl sites for hydroxylation is 1. The van der Waals surface area contributed by atoms with Crippen LogP contribution in [0.1, 0.15) is 24.0 Å². The third-order valence-electron chi connectivity index (χ3n) is 4.11. The highest BCUT2D eigenvalue weighted by Crippen LogP contribution is 2.36. The predicted octanol–water partition coefficient (Wildman–Crippen LogP) is 1.50. The summed E-state index contributed by atoms with van der Waals surface area (Å²) in [7, 11) is 3.54. The van der Waals surface area contributed by atoms with Gasteiger partial charge in [-0.25, -0.2) is 4.98 Å². The molecule has 1 N–H and O–H groups in total. The van der Waals surface area contributed by atoms with Gasteiger partial charge >= 0.3 is 0 Å². The molecule has 8 heteroatoms. The number of imidazole rings is 1. The van der Waals surface area contributed by atoms with E-state index in [4.69, 9.17) is 16.0 Å². The molecule has 1 fully saturated rings. The maximum Gasteiger partial charge on any atom is 0.226 e. The topological polar surface area (TPSA) is 80.4 Å². The van der Waals surface area contributed by atoms with Gasteiger partial charge in [-0.2, -0.15) is 0 Å². The van der Waals surface area contributed by atoms with Crippen LogP contribution >= 0.6 is 11.6 Å². The minimum atomic E-state index is -0.487. The third kappa shape index (κ3) is 2.96. The maximum absolute atomic E-state index is 12.5. The van der Waals surface area contributed by atoms with Crippen molar-refractivity contribution in [2.45, 2.75) is 19.0 Å². The zero-order valence-corrected chi connectivity index (χ0v) is 13.6. The summed E-state index contributed by atoms with van der Waals surface area (Å²) in [6.07, 6.45) is 3.62. The summed E-state index contributed by atoms with van der Waals surface area (Å²) < 4.78 is 7.04. The molecule has 0 aliphatic carbocycles. The van der Waals surface area contributed by atoms with Crippen LogP contribution in [-0.2, 0) is 23.2 Å². The number of carbonyl (C=O) groups is 2. The van der Waals surface area contributed by atoms with E-state index in [2.05, 4.69) is 10.3 Å². The van der Waals surface area contributed by atoms with E-state index in [0.717, 1.165) is 0 Å². The molecule has 0 spiro atoms. The number of rotatable bonds is 4. The molecule has 3 heterocycles. The Hall–Kier alpha value is -2.28. The number of carbonyl (C=O) groups excluding carboxylic acids is 2. The highest BCUT2D eigenvalue weighted by molar-refractivity contribution is 6.28. The summed E-state index contributed by atoms with van der Waals surface area (Å²) >= 11 is 5.71. The molecule has 2 atom stereocenters. The third-order valence-corrected chi connectivity index (χ3v) is 4.31. The van der Waals surface area contributed by atoms with Crippen LogP contribution in [0.15, 0.2) is 28.9 Å². The minimum Gasteiger partial charge on any atom is -0.448 e. The molecule has 1 aliphatic rings. The number of hydrogen-bond donors (Lipinski definition) is 1. The monoisotopic (exact) mass is 336 g/mol. The standard InChI is InChI=1S/C15H17ClN4O3/c1-19-6-5-17-14(19)13-10(7-12(21)20(13)2)15(22)18-8-9-3-4-11(16)23-9/h3-6,10,13H,7-8H2,1-2H3,(H,18,22)/t10-,13-/m0/s1. The van der Waals surface area contributed by atoms with Crippen molar-refractivity contribution in [3.05, 3.63) is 41.3 Å². The zero-order chi connectivity index (χ0) is 16.6. The van der Waals surface area contributed by atoms with Crippen LogP contribution in [0.5, 0.6) is 0 Å². The van der Waals surface area contributed by atoms with E-state index in [1.807, 2.05) is 11.6 Å². The summed E-state index contributed by atoms with van der Waals surface area (Å²) in [5.41, 5.74) is 0. The lowest BCUT2D eigenvalue weighted by atomic mass is 9.98. The molecule has 1 aliphatic heterocycles. The second kappa shape index (κ2) is 6.08. The van der Waals surface area contributed by atoms with E-state index < -0.39 is 5.92 Å². The van der Waals surface area contributed by atoms with Gasteiger partial charge in [0.1, 0.15) is 17.6 Å². The number of likely N-dealkylation sites (tertiary alicyclic amines) is 1. The Kier molecular flexibility index (Phi) is 4.12. The second-order valence-electron chi connectivity index (χ2n) is 5.58. The largest absolute Gasteiger partial charge is 0.448 e. The first-order valence-corrected chi connectivity index (χ1v) is 7.60. The van der Waals surface area contributed by atoms with Crippen LogP contribution in [0.3, 0.4) is 0 Å². The average molecular weight is 337 g/mol. The molecule has 0 radical (unpaired) electrons. The van der Waals surface area contributed by atoms with Crippen LogP contribution in [0.25, 0.3) is 0 Å². The van der Waals surface area contributed by atoms with Crippen molar-refractivity contribution in [2.75, 3.05) is 7.05 Å². The van der Waals surface area contributed by atoms with Gasteiger partial charge in [-0.3, -0.25) is 9.59 Å². The lowest BCUT2D eigenvalue weighted by Gasteiger charge is -2.23. The lowest BCUT2D eigenvalue weighted by molar-refractivity contribution is -0.128. The number of furan rings is 1. The average Bonchev–Trinajstić information content (AvgIpc) is 3.19. The summed E-state index contributed by atoms with van der Waals surface area (Å²) in [6, 6.07) is 2.94. The van der Waals surface area contributed by atoms with Gasteiger partial charge in [-0.05, 0) is 23.7 Å². The number of nitrogens with zero attached hydrogens (tertiary/aromatic N) is 3. The van der Waals surface area contributed by atoms with Crippen molar-refractivity contribution in [2.24, 2.45) is 13.0 Å². The van der Waals surface area contributed by atoms with Gasteiger partial charge in [0.25, 0.3) is 0 Å². The quantitative estimate of drug-likeness (QED) is 0.917. The fourth-order valence-corrected chi connectivity index (χ4v) is 3.03. The van der Waals surface area contributed by atoms with Gasteiger partial charge in [-0.1, -0.05) is 0 Å². The van der Waals surface area contributed by atoms with E-state index >= 15 is 0 Å². The second-order valence-corrected chi connectivity index (χ2v) is 5.95. The lowest BCUT2D eigenvalue weighted by Crippen LogP contribution is -2.35. The van der Waals surface area contributed by atoms with Crippen LogP contribution < -0.4 is 5.32 Å². The van der Waals surface area contributed by atoms with Crippen LogP contribution in [-0.4, -0.2) is 33.3 Å². The van der Waals surface area contributed by atoms with Crippen molar-refractivity contribution in [3.8, 4) is 0 Å². The first kappa shape index (κ1) is 15.6. The van der Waals surface area contributed by atoms with Crippen molar-refractivity contribution < 1.29 is 14.0 Å². The first-order chi connectivity index (χ1) is 11.0. The Labute approximate surface area is 138 Å². The van der Waals surface area contributed by atoms with Gasteiger partial charge < -0.3 is 19.2 Å². The Bertz CT molecular complexity index is 739. The van der Waals surface area contributed by atoms with Crippen molar-refractivity contribution in [1.82, 2.24) is 19.8 Å². The first-order valence-electron chi connectivity index (χ1n) is 7.22. The summed E-state index contributed by atoms with van der Waals surface area (Å²) in [5.74, 6) is 0.496.